The zero-order valence-electron chi connectivity index (χ0n) is 14.9. The van der Waals surface area contributed by atoms with E-state index in [2.05, 4.69) is 35.7 Å². The van der Waals surface area contributed by atoms with Crippen LogP contribution in [0.2, 0.25) is 0 Å². The van der Waals surface area contributed by atoms with Crippen LogP contribution in [0.4, 0.5) is 4.79 Å². The molecule has 2 unspecified atom stereocenters. The van der Waals surface area contributed by atoms with E-state index >= 15 is 0 Å². The summed E-state index contributed by atoms with van der Waals surface area (Å²) in [6.45, 7) is 0. The van der Waals surface area contributed by atoms with E-state index in [1.54, 1.807) is 0 Å². The van der Waals surface area contributed by atoms with Gasteiger partial charge in [-0.1, -0.05) is 36.4 Å². The fourth-order valence-corrected chi connectivity index (χ4v) is 4.75. The first-order valence-corrected chi connectivity index (χ1v) is 9.69. The second kappa shape index (κ2) is 7.14. The minimum atomic E-state index is -0.706. The summed E-state index contributed by atoms with van der Waals surface area (Å²) < 4.78 is 0. The van der Waals surface area contributed by atoms with Gasteiger partial charge in [0.15, 0.2) is 0 Å². The van der Waals surface area contributed by atoms with Gasteiger partial charge in [0.1, 0.15) is 0 Å². The minimum Gasteiger partial charge on any atom is -0.481 e. The molecule has 2 N–H and O–H groups in total. The molecular weight excluding hydrogens is 328 g/mol. The highest BCUT2D eigenvalue weighted by Gasteiger charge is 2.40. The summed E-state index contributed by atoms with van der Waals surface area (Å²) in [6.07, 6.45) is 8.10. The van der Waals surface area contributed by atoms with E-state index in [0.717, 1.165) is 32.1 Å². The lowest BCUT2D eigenvalue weighted by atomic mass is 9.86. The van der Waals surface area contributed by atoms with E-state index in [4.69, 9.17) is 5.11 Å². The minimum absolute atomic E-state index is 0.0274. The van der Waals surface area contributed by atoms with Gasteiger partial charge >= 0.3 is 12.0 Å². The van der Waals surface area contributed by atoms with Crippen molar-refractivity contribution in [2.24, 2.45) is 5.92 Å². The molecule has 138 valence electrons. The van der Waals surface area contributed by atoms with Crippen LogP contribution in [0.3, 0.4) is 0 Å². The number of fused-ring (bicyclic) bond motifs is 2. The highest BCUT2D eigenvalue weighted by molar-refractivity contribution is 5.79. The summed E-state index contributed by atoms with van der Waals surface area (Å²) >= 11 is 0. The summed E-state index contributed by atoms with van der Waals surface area (Å²) in [4.78, 5) is 25.9. The summed E-state index contributed by atoms with van der Waals surface area (Å²) in [5.74, 6) is -0.951. The highest BCUT2D eigenvalue weighted by atomic mass is 16.4. The van der Waals surface area contributed by atoms with Gasteiger partial charge in [-0.25, -0.2) is 4.79 Å². The summed E-state index contributed by atoms with van der Waals surface area (Å²) in [5.41, 5.74) is 2.61. The van der Waals surface area contributed by atoms with Gasteiger partial charge in [0, 0.05) is 12.1 Å². The molecule has 3 aliphatic rings. The van der Waals surface area contributed by atoms with E-state index in [1.807, 2.05) is 11.0 Å². The van der Waals surface area contributed by atoms with Crippen molar-refractivity contribution in [1.29, 1.82) is 0 Å². The molecule has 1 aromatic rings. The van der Waals surface area contributed by atoms with Crippen molar-refractivity contribution in [2.45, 2.75) is 63.1 Å². The molecular formula is C21H26N2O3. The van der Waals surface area contributed by atoms with Gasteiger partial charge in [0.05, 0.1) is 12.0 Å². The second-order valence-corrected chi connectivity index (χ2v) is 7.80. The van der Waals surface area contributed by atoms with Crippen molar-refractivity contribution in [3.05, 3.63) is 42.0 Å². The molecule has 4 rings (SSSR count). The first-order chi connectivity index (χ1) is 12.6. The number of hydrogen-bond acceptors (Lipinski definition) is 2. The van der Waals surface area contributed by atoms with E-state index in [1.165, 1.54) is 11.1 Å². The Kier molecular flexibility index (Phi) is 4.70. The Balaban J connectivity index is 1.39. The average molecular weight is 354 g/mol. The molecule has 1 saturated heterocycles. The Hall–Kier alpha value is -2.30. The fourth-order valence-electron chi connectivity index (χ4n) is 4.75. The smallest absolute Gasteiger partial charge is 0.318 e. The lowest BCUT2D eigenvalue weighted by molar-refractivity contribution is -0.142. The molecule has 0 aromatic heterocycles. The summed E-state index contributed by atoms with van der Waals surface area (Å²) in [5, 5.41) is 12.3. The maximum absolute atomic E-state index is 12.9. The Morgan fingerprint density at radius 2 is 1.73 bits per heavy atom. The lowest BCUT2D eigenvalue weighted by Crippen LogP contribution is -2.51. The van der Waals surface area contributed by atoms with E-state index in [-0.39, 0.29) is 30.1 Å². The number of hydrogen-bond donors (Lipinski definition) is 2. The van der Waals surface area contributed by atoms with Crippen LogP contribution in [0.15, 0.2) is 36.4 Å². The molecule has 0 spiro atoms. The third kappa shape index (κ3) is 3.35. The Labute approximate surface area is 154 Å². The van der Waals surface area contributed by atoms with Crippen molar-refractivity contribution in [3.8, 4) is 0 Å². The van der Waals surface area contributed by atoms with Crippen LogP contribution in [-0.2, 0) is 4.79 Å². The first kappa shape index (κ1) is 17.1. The van der Waals surface area contributed by atoms with Crippen LogP contribution in [0.1, 0.15) is 50.5 Å². The van der Waals surface area contributed by atoms with Crippen molar-refractivity contribution in [3.63, 3.8) is 0 Å². The standard InChI is InChI=1S/C21H26N2O3/c24-20(25)15-6-8-17(9-7-15)22-21(26)23-18-10-11-19(23)13-16(12-18)14-4-2-1-3-5-14/h1-5,12,15,17-19H,6-11,13H2,(H,22,26)(H,24,25). The SMILES string of the molecule is O=C(O)C1CCC(NC(=O)N2C3C=C(c4ccccc4)CC2CC3)CC1. The topological polar surface area (TPSA) is 69.6 Å². The van der Waals surface area contributed by atoms with E-state index in [0.29, 0.717) is 12.8 Å². The average Bonchev–Trinajstić information content (AvgIpc) is 2.93. The highest BCUT2D eigenvalue weighted by Crippen LogP contribution is 2.38. The van der Waals surface area contributed by atoms with Crippen molar-refractivity contribution in [2.75, 3.05) is 0 Å². The number of carboxylic acids is 1. The number of nitrogens with zero attached hydrogens (tertiary/aromatic N) is 1. The molecule has 2 bridgehead atoms. The Morgan fingerprint density at radius 3 is 2.38 bits per heavy atom. The number of carboxylic acid groups (broad SMARTS) is 1. The third-order valence-electron chi connectivity index (χ3n) is 6.18. The predicted octanol–water partition coefficient (Wildman–Crippen LogP) is 3.66. The molecule has 2 amide bonds. The van der Waals surface area contributed by atoms with Crippen LogP contribution < -0.4 is 5.32 Å². The molecule has 2 fully saturated rings. The quantitative estimate of drug-likeness (QED) is 0.870. The molecule has 2 aliphatic heterocycles. The van der Waals surface area contributed by atoms with Crippen molar-refractivity contribution < 1.29 is 14.7 Å². The van der Waals surface area contributed by atoms with E-state index in [9.17, 15) is 9.59 Å². The van der Waals surface area contributed by atoms with Crippen molar-refractivity contribution in [1.82, 2.24) is 10.2 Å². The van der Waals surface area contributed by atoms with Gasteiger partial charge in [0.25, 0.3) is 0 Å². The molecule has 1 aliphatic carbocycles. The zero-order valence-corrected chi connectivity index (χ0v) is 14.9. The largest absolute Gasteiger partial charge is 0.481 e. The lowest BCUT2D eigenvalue weighted by Gasteiger charge is -2.36. The van der Waals surface area contributed by atoms with Crippen LogP contribution in [0, 0.1) is 5.92 Å². The fraction of sp³-hybridized carbons (Fsp3) is 0.524. The molecule has 5 nitrogen and oxygen atoms in total. The zero-order chi connectivity index (χ0) is 18.1. The molecule has 1 saturated carbocycles. The van der Waals surface area contributed by atoms with Crippen molar-refractivity contribution >= 4 is 17.6 Å². The molecule has 5 heteroatoms. The number of amides is 2. The van der Waals surface area contributed by atoms with E-state index < -0.39 is 5.97 Å². The number of rotatable bonds is 3. The number of nitrogens with one attached hydrogen (secondary N) is 1. The Morgan fingerprint density at radius 1 is 1.00 bits per heavy atom. The summed E-state index contributed by atoms with van der Waals surface area (Å²) in [7, 11) is 0. The van der Waals surface area contributed by atoms with Crippen LogP contribution in [0.25, 0.3) is 5.57 Å². The number of carbonyl (C=O) groups is 2. The van der Waals surface area contributed by atoms with Crippen LogP contribution in [-0.4, -0.2) is 40.1 Å². The molecule has 0 radical (unpaired) electrons. The predicted molar refractivity (Wildman–Crippen MR) is 99.6 cm³/mol. The number of benzene rings is 1. The second-order valence-electron chi connectivity index (χ2n) is 7.80. The van der Waals surface area contributed by atoms with Crippen LogP contribution >= 0.6 is 0 Å². The molecule has 26 heavy (non-hydrogen) atoms. The Bertz CT molecular complexity index is 707. The molecule has 1 aromatic carbocycles. The van der Waals surface area contributed by atoms with Gasteiger partial charge in [-0.2, -0.15) is 0 Å². The summed E-state index contributed by atoms with van der Waals surface area (Å²) in [6, 6.07) is 11.0. The number of urea groups is 1. The van der Waals surface area contributed by atoms with Gasteiger partial charge < -0.3 is 15.3 Å². The number of aliphatic carboxylic acids is 1. The normalized spacial score (nSPS) is 30.6. The monoisotopic (exact) mass is 354 g/mol. The first-order valence-electron chi connectivity index (χ1n) is 9.69. The van der Waals surface area contributed by atoms with Crippen LogP contribution in [0.5, 0.6) is 0 Å². The third-order valence-corrected chi connectivity index (χ3v) is 6.18. The van der Waals surface area contributed by atoms with Gasteiger partial charge in [-0.05, 0) is 56.1 Å². The maximum Gasteiger partial charge on any atom is 0.318 e. The molecule has 2 atom stereocenters. The number of carbonyl (C=O) groups excluding carboxylic acids is 1. The van der Waals surface area contributed by atoms with Gasteiger partial charge in [-0.15, -0.1) is 0 Å². The van der Waals surface area contributed by atoms with Gasteiger partial charge in [-0.3, -0.25) is 4.79 Å². The molecule has 2 heterocycles. The van der Waals surface area contributed by atoms with Gasteiger partial charge in [0.2, 0.25) is 0 Å². The maximum atomic E-state index is 12.9.